The van der Waals surface area contributed by atoms with Gasteiger partial charge >= 0.3 is 0 Å². The van der Waals surface area contributed by atoms with E-state index in [1.165, 1.54) is 13.0 Å². The Hall–Kier alpha value is -2.44. The van der Waals surface area contributed by atoms with Crippen molar-refractivity contribution in [1.29, 1.82) is 0 Å². The SMILES string of the molecule is CC(=O)c1cccc(OC[C@H](O)CN2CCN(c3ccccc3F)CC2)c1. The van der Waals surface area contributed by atoms with E-state index >= 15 is 0 Å². The molecule has 0 bridgehead atoms. The van der Waals surface area contributed by atoms with E-state index in [4.69, 9.17) is 4.74 Å². The number of ketones is 1. The second kappa shape index (κ2) is 8.97. The Bertz CT molecular complexity index is 776. The van der Waals surface area contributed by atoms with E-state index in [-0.39, 0.29) is 18.2 Å². The molecule has 0 unspecified atom stereocenters. The second-order valence-corrected chi connectivity index (χ2v) is 6.79. The lowest BCUT2D eigenvalue weighted by molar-refractivity contribution is 0.0662. The number of halogens is 1. The van der Waals surface area contributed by atoms with Gasteiger partial charge < -0.3 is 14.7 Å². The first-order chi connectivity index (χ1) is 13.0. The normalized spacial score (nSPS) is 16.2. The average molecular weight is 372 g/mol. The third kappa shape index (κ3) is 5.28. The summed E-state index contributed by atoms with van der Waals surface area (Å²) in [6, 6.07) is 13.8. The van der Waals surface area contributed by atoms with Crippen LogP contribution in [0.4, 0.5) is 10.1 Å². The fourth-order valence-electron chi connectivity index (χ4n) is 3.23. The predicted octanol–water partition coefficient (Wildman–Crippen LogP) is 2.59. The van der Waals surface area contributed by atoms with Gasteiger partial charge in [0.25, 0.3) is 0 Å². The number of aliphatic hydroxyl groups excluding tert-OH is 1. The minimum absolute atomic E-state index is 0.0197. The molecule has 0 saturated carbocycles. The van der Waals surface area contributed by atoms with E-state index in [1.807, 2.05) is 11.0 Å². The van der Waals surface area contributed by atoms with E-state index < -0.39 is 6.10 Å². The van der Waals surface area contributed by atoms with Crippen molar-refractivity contribution in [2.24, 2.45) is 0 Å². The number of β-amino-alcohol motifs (C(OH)–C–C–N with tert-alkyl or cyclic N) is 1. The second-order valence-electron chi connectivity index (χ2n) is 6.79. The van der Waals surface area contributed by atoms with Gasteiger partial charge in [-0.3, -0.25) is 9.69 Å². The molecule has 1 heterocycles. The van der Waals surface area contributed by atoms with Crippen LogP contribution in [0.15, 0.2) is 48.5 Å². The number of aliphatic hydroxyl groups is 1. The molecule has 6 heteroatoms. The topological polar surface area (TPSA) is 53.0 Å². The van der Waals surface area contributed by atoms with Crippen LogP contribution in [-0.4, -0.2) is 61.2 Å². The molecule has 1 N–H and O–H groups in total. The van der Waals surface area contributed by atoms with Crippen molar-refractivity contribution in [3.05, 3.63) is 59.9 Å². The van der Waals surface area contributed by atoms with Crippen molar-refractivity contribution in [1.82, 2.24) is 4.90 Å². The van der Waals surface area contributed by atoms with Crippen LogP contribution >= 0.6 is 0 Å². The minimum atomic E-state index is -0.633. The Balaban J connectivity index is 1.44. The molecule has 1 aliphatic heterocycles. The van der Waals surface area contributed by atoms with Gasteiger partial charge in [-0.15, -0.1) is 0 Å². The van der Waals surface area contributed by atoms with Crippen LogP contribution in [0.3, 0.4) is 0 Å². The van der Waals surface area contributed by atoms with Crippen molar-refractivity contribution in [2.45, 2.75) is 13.0 Å². The average Bonchev–Trinajstić information content (AvgIpc) is 2.68. The molecule has 0 radical (unpaired) electrons. The smallest absolute Gasteiger partial charge is 0.159 e. The lowest BCUT2D eigenvalue weighted by Gasteiger charge is -2.36. The van der Waals surface area contributed by atoms with Crippen LogP contribution in [0.2, 0.25) is 0 Å². The number of hydrogen-bond donors (Lipinski definition) is 1. The summed E-state index contributed by atoms with van der Waals surface area (Å²) < 4.78 is 19.5. The molecule has 1 aliphatic rings. The Morgan fingerprint density at radius 2 is 1.89 bits per heavy atom. The number of carbonyl (C=O) groups is 1. The zero-order valence-corrected chi connectivity index (χ0v) is 15.5. The highest BCUT2D eigenvalue weighted by Crippen LogP contribution is 2.20. The fourth-order valence-corrected chi connectivity index (χ4v) is 3.23. The summed E-state index contributed by atoms with van der Waals surface area (Å²) in [4.78, 5) is 15.6. The summed E-state index contributed by atoms with van der Waals surface area (Å²) in [6.45, 7) is 5.11. The van der Waals surface area contributed by atoms with Gasteiger partial charge in [-0.2, -0.15) is 0 Å². The van der Waals surface area contributed by atoms with Crippen molar-refractivity contribution in [3.8, 4) is 5.75 Å². The van der Waals surface area contributed by atoms with Crippen LogP contribution < -0.4 is 9.64 Å². The van der Waals surface area contributed by atoms with Gasteiger partial charge in [0.05, 0.1) is 5.69 Å². The molecule has 144 valence electrons. The molecule has 27 heavy (non-hydrogen) atoms. The molecule has 2 aromatic rings. The zero-order chi connectivity index (χ0) is 19.2. The lowest BCUT2D eigenvalue weighted by atomic mass is 10.1. The predicted molar refractivity (Wildman–Crippen MR) is 103 cm³/mol. The van der Waals surface area contributed by atoms with Crippen molar-refractivity contribution in [2.75, 3.05) is 44.2 Å². The molecule has 0 aromatic heterocycles. The lowest BCUT2D eigenvalue weighted by Crippen LogP contribution is -2.49. The van der Waals surface area contributed by atoms with Gasteiger partial charge in [0.2, 0.25) is 0 Å². The Morgan fingerprint density at radius 3 is 2.59 bits per heavy atom. The maximum Gasteiger partial charge on any atom is 0.159 e. The maximum absolute atomic E-state index is 13.9. The number of ether oxygens (including phenoxy) is 1. The van der Waals surface area contributed by atoms with E-state index in [1.54, 1.807) is 36.4 Å². The molecule has 0 aliphatic carbocycles. The van der Waals surface area contributed by atoms with Crippen molar-refractivity contribution >= 4 is 11.5 Å². The number of rotatable bonds is 7. The van der Waals surface area contributed by atoms with Gasteiger partial charge in [-0.05, 0) is 31.2 Å². The minimum Gasteiger partial charge on any atom is -0.491 e. The first-order valence-corrected chi connectivity index (χ1v) is 9.16. The fraction of sp³-hybridized carbons (Fsp3) is 0.381. The van der Waals surface area contributed by atoms with E-state index in [0.717, 1.165) is 26.2 Å². The van der Waals surface area contributed by atoms with Gasteiger partial charge in [0.15, 0.2) is 5.78 Å². The number of benzene rings is 2. The van der Waals surface area contributed by atoms with Crippen LogP contribution in [0.5, 0.6) is 5.75 Å². The molecule has 2 aromatic carbocycles. The molecule has 0 amide bonds. The quantitative estimate of drug-likeness (QED) is 0.757. The number of hydrogen-bond acceptors (Lipinski definition) is 5. The monoisotopic (exact) mass is 372 g/mol. The number of anilines is 1. The number of carbonyl (C=O) groups excluding carboxylic acids is 1. The number of para-hydroxylation sites is 1. The van der Waals surface area contributed by atoms with Crippen LogP contribution in [0.1, 0.15) is 17.3 Å². The molecular formula is C21H25FN2O3. The van der Waals surface area contributed by atoms with E-state index in [2.05, 4.69) is 4.90 Å². The number of Topliss-reactive ketones (excluding diaryl/α,β-unsaturated/α-hetero) is 1. The summed E-state index contributed by atoms with van der Waals surface area (Å²) in [6.07, 6.45) is -0.633. The van der Waals surface area contributed by atoms with Crippen LogP contribution in [0.25, 0.3) is 0 Å². The van der Waals surface area contributed by atoms with Crippen LogP contribution in [0, 0.1) is 5.82 Å². The summed E-state index contributed by atoms with van der Waals surface area (Å²) in [5.74, 6) is 0.354. The third-order valence-corrected chi connectivity index (χ3v) is 4.72. The Morgan fingerprint density at radius 1 is 1.15 bits per heavy atom. The summed E-state index contributed by atoms with van der Waals surface area (Å²) >= 11 is 0. The Labute approximate surface area is 159 Å². The molecule has 3 rings (SSSR count). The molecule has 5 nitrogen and oxygen atoms in total. The summed E-state index contributed by atoms with van der Waals surface area (Å²) in [5, 5.41) is 10.3. The molecular weight excluding hydrogens is 347 g/mol. The molecule has 1 atom stereocenters. The van der Waals surface area contributed by atoms with Gasteiger partial charge in [0.1, 0.15) is 24.3 Å². The molecule has 0 spiro atoms. The maximum atomic E-state index is 13.9. The molecule has 1 fully saturated rings. The van der Waals surface area contributed by atoms with Crippen molar-refractivity contribution in [3.63, 3.8) is 0 Å². The van der Waals surface area contributed by atoms with E-state index in [0.29, 0.717) is 23.5 Å². The number of piperazine rings is 1. The highest BCUT2D eigenvalue weighted by Gasteiger charge is 2.21. The van der Waals surface area contributed by atoms with Crippen LogP contribution in [-0.2, 0) is 0 Å². The largest absolute Gasteiger partial charge is 0.491 e. The summed E-state index contributed by atoms with van der Waals surface area (Å²) in [7, 11) is 0. The highest BCUT2D eigenvalue weighted by molar-refractivity contribution is 5.94. The molecule has 1 saturated heterocycles. The highest BCUT2D eigenvalue weighted by atomic mass is 19.1. The first kappa shape index (κ1) is 19.3. The van der Waals surface area contributed by atoms with Gasteiger partial charge in [0, 0.05) is 38.3 Å². The summed E-state index contributed by atoms with van der Waals surface area (Å²) in [5.41, 5.74) is 1.22. The van der Waals surface area contributed by atoms with Crippen molar-refractivity contribution < 1.29 is 19.0 Å². The zero-order valence-electron chi connectivity index (χ0n) is 15.5. The van der Waals surface area contributed by atoms with E-state index in [9.17, 15) is 14.3 Å². The van der Waals surface area contributed by atoms with Gasteiger partial charge in [-0.25, -0.2) is 4.39 Å². The number of nitrogens with zero attached hydrogens (tertiary/aromatic N) is 2. The Kier molecular flexibility index (Phi) is 6.42. The third-order valence-electron chi connectivity index (χ3n) is 4.72. The standard InChI is InChI=1S/C21H25FN2O3/c1-16(25)17-5-4-6-19(13-17)27-15-18(26)14-23-9-11-24(12-10-23)21-8-3-2-7-20(21)22/h2-8,13,18,26H,9-12,14-15H2,1H3/t18-/m1/s1. The van der Waals surface area contributed by atoms with Gasteiger partial charge in [-0.1, -0.05) is 24.3 Å². The first-order valence-electron chi connectivity index (χ1n) is 9.16.